The lowest BCUT2D eigenvalue weighted by atomic mass is 10.1. The van der Waals surface area contributed by atoms with Gasteiger partial charge in [-0.3, -0.25) is 0 Å². The summed E-state index contributed by atoms with van der Waals surface area (Å²) in [7, 11) is 0. The van der Waals surface area contributed by atoms with E-state index >= 15 is 0 Å². The van der Waals surface area contributed by atoms with Crippen molar-refractivity contribution >= 4 is 12.0 Å². The Labute approximate surface area is 111 Å². The summed E-state index contributed by atoms with van der Waals surface area (Å²) in [5, 5.41) is 22.4. The minimum absolute atomic E-state index is 0.0206. The Morgan fingerprint density at radius 2 is 2.11 bits per heavy atom. The summed E-state index contributed by atoms with van der Waals surface area (Å²) in [6, 6.07) is 5.99. The van der Waals surface area contributed by atoms with E-state index in [4.69, 9.17) is 10.2 Å². The first-order valence-corrected chi connectivity index (χ1v) is 5.96. The van der Waals surface area contributed by atoms with Crippen LogP contribution in [0.4, 0.5) is 4.79 Å². The number of hydrogen-bond donors (Lipinski definition) is 4. The van der Waals surface area contributed by atoms with E-state index in [0.717, 1.165) is 11.1 Å². The predicted octanol–water partition coefficient (Wildman–Crippen LogP) is 0.630. The molecule has 6 nitrogen and oxygen atoms in total. The van der Waals surface area contributed by atoms with E-state index in [1.165, 1.54) is 0 Å². The van der Waals surface area contributed by atoms with Gasteiger partial charge in [0.2, 0.25) is 0 Å². The number of carbonyl (C=O) groups is 2. The minimum Gasteiger partial charge on any atom is -0.480 e. The van der Waals surface area contributed by atoms with Crippen molar-refractivity contribution in [2.75, 3.05) is 6.61 Å². The van der Waals surface area contributed by atoms with Crippen molar-refractivity contribution in [2.45, 2.75) is 25.9 Å². The molecule has 4 N–H and O–H groups in total. The summed E-state index contributed by atoms with van der Waals surface area (Å²) in [4.78, 5) is 22.3. The number of aliphatic hydroxyl groups excluding tert-OH is 1. The minimum atomic E-state index is -1.17. The van der Waals surface area contributed by atoms with Crippen LogP contribution in [0.2, 0.25) is 0 Å². The molecule has 0 heterocycles. The Morgan fingerprint density at radius 1 is 1.37 bits per heavy atom. The molecule has 0 bridgehead atoms. The Bertz CT molecular complexity index is 448. The zero-order valence-corrected chi connectivity index (χ0v) is 10.7. The Balaban J connectivity index is 2.44. The fourth-order valence-electron chi connectivity index (χ4n) is 1.60. The van der Waals surface area contributed by atoms with Crippen LogP contribution in [-0.2, 0) is 11.3 Å². The summed E-state index contributed by atoms with van der Waals surface area (Å²) >= 11 is 0. The number of aliphatic hydroxyl groups is 1. The molecule has 2 amide bonds. The van der Waals surface area contributed by atoms with E-state index in [1.807, 2.05) is 31.2 Å². The van der Waals surface area contributed by atoms with Crippen LogP contribution in [0.1, 0.15) is 17.5 Å². The normalized spacial score (nSPS) is 11.7. The van der Waals surface area contributed by atoms with Gasteiger partial charge in [0.05, 0.1) is 0 Å². The molecule has 0 spiro atoms. The average molecular weight is 266 g/mol. The summed E-state index contributed by atoms with van der Waals surface area (Å²) < 4.78 is 0. The van der Waals surface area contributed by atoms with Crippen LogP contribution in [-0.4, -0.2) is 34.9 Å². The van der Waals surface area contributed by atoms with Gasteiger partial charge in [0.1, 0.15) is 6.04 Å². The van der Waals surface area contributed by atoms with Crippen molar-refractivity contribution in [1.29, 1.82) is 0 Å². The van der Waals surface area contributed by atoms with Gasteiger partial charge in [-0.1, -0.05) is 29.8 Å². The smallest absolute Gasteiger partial charge is 0.326 e. The number of rotatable bonds is 6. The first kappa shape index (κ1) is 15.0. The van der Waals surface area contributed by atoms with Crippen LogP contribution in [0.5, 0.6) is 0 Å². The predicted molar refractivity (Wildman–Crippen MR) is 69.7 cm³/mol. The number of aryl methyl sites for hydroxylation is 1. The molecule has 0 saturated carbocycles. The Morgan fingerprint density at radius 3 is 2.68 bits per heavy atom. The fraction of sp³-hybridized carbons (Fsp3) is 0.385. The number of hydrogen-bond acceptors (Lipinski definition) is 3. The number of urea groups is 1. The van der Waals surface area contributed by atoms with E-state index in [1.54, 1.807) is 0 Å². The van der Waals surface area contributed by atoms with Crippen LogP contribution >= 0.6 is 0 Å². The molecule has 1 aromatic carbocycles. The molecule has 0 fully saturated rings. The molecule has 0 saturated heterocycles. The van der Waals surface area contributed by atoms with Gasteiger partial charge in [0, 0.05) is 19.6 Å². The highest BCUT2D eigenvalue weighted by Crippen LogP contribution is 2.03. The van der Waals surface area contributed by atoms with Crippen molar-refractivity contribution in [1.82, 2.24) is 10.6 Å². The van der Waals surface area contributed by atoms with Crippen LogP contribution in [0.3, 0.4) is 0 Å². The number of carboxylic acid groups (broad SMARTS) is 1. The van der Waals surface area contributed by atoms with Crippen molar-refractivity contribution in [2.24, 2.45) is 0 Å². The van der Waals surface area contributed by atoms with Crippen LogP contribution in [0.15, 0.2) is 24.3 Å². The zero-order chi connectivity index (χ0) is 14.3. The second-order valence-corrected chi connectivity index (χ2v) is 4.22. The fourth-order valence-corrected chi connectivity index (χ4v) is 1.60. The molecular formula is C13H18N2O4. The molecule has 0 radical (unpaired) electrons. The maximum absolute atomic E-state index is 11.5. The van der Waals surface area contributed by atoms with Gasteiger partial charge in [-0.15, -0.1) is 0 Å². The van der Waals surface area contributed by atoms with Gasteiger partial charge in [-0.25, -0.2) is 9.59 Å². The third kappa shape index (κ3) is 5.39. The number of aliphatic carboxylic acids is 1. The monoisotopic (exact) mass is 266 g/mol. The maximum atomic E-state index is 11.5. The first-order chi connectivity index (χ1) is 9.02. The third-order valence-electron chi connectivity index (χ3n) is 2.56. The van der Waals surface area contributed by atoms with Crippen molar-refractivity contribution < 1.29 is 19.8 Å². The van der Waals surface area contributed by atoms with E-state index in [2.05, 4.69) is 10.6 Å². The molecule has 19 heavy (non-hydrogen) atoms. The lowest BCUT2D eigenvalue weighted by Gasteiger charge is -2.14. The lowest BCUT2D eigenvalue weighted by molar-refractivity contribution is -0.139. The van der Waals surface area contributed by atoms with Crippen LogP contribution in [0, 0.1) is 6.92 Å². The standard InChI is InChI=1S/C13H18N2O4/c1-9-3-2-4-10(7-9)8-14-13(19)15-11(5-6-16)12(17)18/h2-4,7,11,16H,5-6,8H2,1H3,(H,17,18)(H2,14,15,19)/t11-/m0/s1. The van der Waals surface area contributed by atoms with Gasteiger partial charge in [-0.05, 0) is 12.5 Å². The topological polar surface area (TPSA) is 98.7 Å². The highest BCUT2D eigenvalue weighted by atomic mass is 16.4. The van der Waals surface area contributed by atoms with E-state index in [9.17, 15) is 9.59 Å². The number of carbonyl (C=O) groups excluding carboxylic acids is 1. The van der Waals surface area contributed by atoms with Crippen LogP contribution < -0.4 is 10.6 Å². The summed E-state index contributed by atoms with van der Waals surface area (Å²) in [5.41, 5.74) is 2.02. The quantitative estimate of drug-likeness (QED) is 0.607. The van der Waals surface area contributed by atoms with Crippen molar-refractivity contribution in [3.05, 3.63) is 35.4 Å². The molecule has 104 valence electrons. The molecule has 1 aromatic rings. The molecule has 1 atom stereocenters. The number of amides is 2. The third-order valence-corrected chi connectivity index (χ3v) is 2.56. The van der Waals surface area contributed by atoms with Gasteiger partial charge in [0.15, 0.2) is 0 Å². The van der Waals surface area contributed by atoms with Gasteiger partial charge in [0.25, 0.3) is 0 Å². The second kappa shape index (κ2) is 7.38. The number of carboxylic acids is 1. The molecule has 0 aliphatic heterocycles. The molecule has 0 aromatic heterocycles. The molecule has 0 aliphatic rings. The summed E-state index contributed by atoms with van der Waals surface area (Å²) in [5.74, 6) is -1.17. The second-order valence-electron chi connectivity index (χ2n) is 4.22. The van der Waals surface area contributed by atoms with Gasteiger partial charge >= 0.3 is 12.0 Å². The first-order valence-electron chi connectivity index (χ1n) is 5.96. The van der Waals surface area contributed by atoms with Gasteiger partial charge in [-0.2, -0.15) is 0 Å². The van der Waals surface area contributed by atoms with Crippen molar-refractivity contribution in [3.8, 4) is 0 Å². The Kier molecular flexibility index (Phi) is 5.81. The highest BCUT2D eigenvalue weighted by molar-refractivity contribution is 5.82. The molecule has 0 aliphatic carbocycles. The molecular weight excluding hydrogens is 248 g/mol. The van der Waals surface area contributed by atoms with Gasteiger partial charge < -0.3 is 20.8 Å². The average Bonchev–Trinajstić information content (AvgIpc) is 2.36. The van der Waals surface area contributed by atoms with E-state index < -0.39 is 18.0 Å². The summed E-state index contributed by atoms with van der Waals surface area (Å²) in [6.45, 7) is 1.97. The van der Waals surface area contributed by atoms with Crippen LogP contribution in [0.25, 0.3) is 0 Å². The Hall–Kier alpha value is -2.08. The highest BCUT2D eigenvalue weighted by Gasteiger charge is 2.18. The molecule has 0 unspecified atom stereocenters. The lowest BCUT2D eigenvalue weighted by Crippen LogP contribution is -2.46. The SMILES string of the molecule is Cc1cccc(CNC(=O)N[C@@H](CCO)C(=O)O)c1. The van der Waals surface area contributed by atoms with E-state index in [0.29, 0.717) is 6.54 Å². The number of nitrogens with one attached hydrogen (secondary N) is 2. The molecule has 6 heteroatoms. The molecule has 1 rings (SSSR count). The largest absolute Gasteiger partial charge is 0.480 e. The zero-order valence-electron chi connectivity index (χ0n) is 10.7. The maximum Gasteiger partial charge on any atom is 0.326 e. The van der Waals surface area contributed by atoms with E-state index in [-0.39, 0.29) is 13.0 Å². The summed E-state index contributed by atoms with van der Waals surface area (Å²) in [6.07, 6.45) is -0.0206. The van der Waals surface area contributed by atoms with Crippen molar-refractivity contribution in [3.63, 3.8) is 0 Å². The number of benzene rings is 1.